The highest BCUT2D eigenvalue weighted by Crippen LogP contribution is 2.40. The molecule has 176 valence electrons. The molecule has 0 spiro atoms. The summed E-state index contributed by atoms with van der Waals surface area (Å²) in [7, 11) is 0. The lowest BCUT2D eigenvalue weighted by Crippen LogP contribution is -2.27. The van der Waals surface area contributed by atoms with E-state index in [9.17, 15) is 4.79 Å². The van der Waals surface area contributed by atoms with Crippen LogP contribution in [0.4, 0.5) is 5.95 Å². The molecule has 0 unspecified atom stereocenters. The summed E-state index contributed by atoms with van der Waals surface area (Å²) in [6.07, 6.45) is 3.05. The molecule has 10 heteroatoms. The number of hydrogen-bond donors (Lipinski definition) is 1. The number of thiophene rings is 1. The van der Waals surface area contributed by atoms with Gasteiger partial charge in [-0.05, 0) is 44.3 Å². The van der Waals surface area contributed by atoms with Gasteiger partial charge in [0.05, 0.1) is 22.3 Å². The average Bonchev–Trinajstić information content (AvgIpc) is 3.19. The number of carbonyl (C=O) groups is 1. The number of aromatic nitrogens is 2. The van der Waals surface area contributed by atoms with Crippen LogP contribution in [0, 0.1) is 0 Å². The Hall–Kier alpha value is -2.39. The minimum absolute atomic E-state index is 0.121. The standard InChI is InChI=1S/C23H26Cl2N4O3S/c1-4-29(5-2)9-10-32-19-12-15(17(24)13-18(19)25)21-16-11-14(7-8-20(30)31-6-3)33-22(16)28-23(26)27-21/h7-8,11-13H,4-6,9-10H2,1-3H3,(H2,26,27,28). The maximum Gasteiger partial charge on any atom is 0.330 e. The van der Waals surface area contributed by atoms with Gasteiger partial charge in [0.2, 0.25) is 5.95 Å². The van der Waals surface area contributed by atoms with Crippen molar-refractivity contribution in [2.75, 3.05) is 38.6 Å². The van der Waals surface area contributed by atoms with Gasteiger partial charge in [-0.15, -0.1) is 11.3 Å². The van der Waals surface area contributed by atoms with E-state index in [2.05, 4.69) is 28.7 Å². The summed E-state index contributed by atoms with van der Waals surface area (Å²) in [6.45, 7) is 9.46. The zero-order chi connectivity index (χ0) is 24.0. The van der Waals surface area contributed by atoms with Crippen molar-refractivity contribution < 1.29 is 14.3 Å². The number of halogens is 2. The number of anilines is 1. The lowest BCUT2D eigenvalue weighted by Gasteiger charge is -2.19. The van der Waals surface area contributed by atoms with Gasteiger partial charge in [-0.3, -0.25) is 0 Å². The minimum atomic E-state index is -0.409. The molecule has 3 rings (SSSR count). The number of fused-ring (bicyclic) bond motifs is 1. The maximum atomic E-state index is 11.7. The van der Waals surface area contributed by atoms with Gasteiger partial charge in [0.25, 0.3) is 0 Å². The average molecular weight is 509 g/mol. The number of likely N-dealkylation sites (N-methyl/N-ethyl adjacent to an activating group) is 1. The molecular weight excluding hydrogens is 483 g/mol. The molecule has 7 nitrogen and oxygen atoms in total. The maximum absolute atomic E-state index is 11.7. The van der Waals surface area contributed by atoms with E-state index in [4.69, 9.17) is 38.4 Å². The first kappa shape index (κ1) is 25.2. The molecule has 0 bridgehead atoms. The smallest absolute Gasteiger partial charge is 0.330 e. The summed E-state index contributed by atoms with van der Waals surface area (Å²) in [5, 5.41) is 1.60. The molecule has 0 fully saturated rings. The number of hydrogen-bond acceptors (Lipinski definition) is 8. The molecule has 0 amide bonds. The third-order valence-electron chi connectivity index (χ3n) is 4.94. The molecule has 33 heavy (non-hydrogen) atoms. The highest BCUT2D eigenvalue weighted by atomic mass is 35.5. The summed E-state index contributed by atoms with van der Waals surface area (Å²) in [4.78, 5) is 24.2. The second-order valence-corrected chi connectivity index (χ2v) is 8.90. The van der Waals surface area contributed by atoms with Crippen molar-refractivity contribution in [3.63, 3.8) is 0 Å². The van der Waals surface area contributed by atoms with E-state index in [1.165, 1.54) is 17.4 Å². The first-order valence-electron chi connectivity index (χ1n) is 10.6. The Labute approximate surface area is 207 Å². The van der Waals surface area contributed by atoms with Gasteiger partial charge >= 0.3 is 5.97 Å². The van der Waals surface area contributed by atoms with Crippen molar-refractivity contribution >= 4 is 62.7 Å². The Kier molecular flexibility index (Phi) is 8.91. The zero-order valence-corrected chi connectivity index (χ0v) is 21.1. The Morgan fingerprint density at radius 3 is 2.61 bits per heavy atom. The van der Waals surface area contributed by atoms with Crippen LogP contribution in [0.5, 0.6) is 5.75 Å². The number of rotatable bonds is 10. The van der Waals surface area contributed by atoms with Gasteiger partial charge in [0, 0.05) is 28.4 Å². The van der Waals surface area contributed by atoms with E-state index in [0.717, 1.165) is 29.9 Å². The highest BCUT2D eigenvalue weighted by Gasteiger charge is 2.17. The zero-order valence-electron chi connectivity index (χ0n) is 18.7. The van der Waals surface area contributed by atoms with E-state index in [1.807, 2.05) is 6.07 Å². The van der Waals surface area contributed by atoms with Gasteiger partial charge in [0.1, 0.15) is 17.2 Å². The second kappa shape index (κ2) is 11.7. The molecule has 3 aromatic rings. The van der Waals surface area contributed by atoms with Crippen molar-refractivity contribution in [1.29, 1.82) is 0 Å². The molecule has 0 saturated carbocycles. The molecule has 0 saturated heterocycles. The largest absolute Gasteiger partial charge is 0.491 e. The fourth-order valence-electron chi connectivity index (χ4n) is 3.23. The lowest BCUT2D eigenvalue weighted by molar-refractivity contribution is -0.137. The van der Waals surface area contributed by atoms with Crippen LogP contribution in [0.3, 0.4) is 0 Å². The van der Waals surface area contributed by atoms with Crippen molar-refractivity contribution in [2.24, 2.45) is 0 Å². The first-order chi connectivity index (χ1) is 15.9. The monoisotopic (exact) mass is 508 g/mol. The van der Waals surface area contributed by atoms with Crippen LogP contribution in [0.2, 0.25) is 10.0 Å². The van der Waals surface area contributed by atoms with Gasteiger partial charge in [0.15, 0.2) is 0 Å². The number of nitrogens with zero attached hydrogens (tertiary/aromatic N) is 3. The Morgan fingerprint density at radius 1 is 1.15 bits per heavy atom. The van der Waals surface area contributed by atoms with Crippen molar-refractivity contribution in [2.45, 2.75) is 20.8 Å². The quantitative estimate of drug-likeness (QED) is 0.283. The summed E-state index contributed by atoms with van der Waals surface area (Å²) >= 11 is 14.3. The summed E-state index contributed by atoms with van der Waals surface area (Å²) in [6, 6.07) is 5.31. The molecule has 2 N–H and O–H groups in total. The van der Waals surface area contributed by atoms with E-state index in [-0.39, 0.29) is 5.95 Å². The third kappa shape index (κ3) is 6.35. The molecule has 0 aliphatic carbocycles. The predicted octanol–water partition coefficient (Wildman–Crippen LogP) is 5.54. The number of benzene rings is 1. The Balaban J connectivity index is 1.96. The van der Waals surface area contributed by atoms with E-state index < -0.39 is 5.97 Å². The number of carbonyl (C=O) groups excluding carboxylic acids is 1. The minimum Gasteiger partial charge on any atom is -0.491 e. The molecule has 2 heterocycles. The van der Waals surface area contributed by atoms with Crippen molar-refractivity contribution in [3.05, 3.63) is 39.2 Å². The van der Waals surface area contributed by atoms with Crippen molar-refractivity contribution in [3.8, 4) is 17.0 Å². The third-order valence-corrected chi connectivity index (χ3v) is 6.54. The summed E-state index contributed by atoms with van der Waals surface area (Å²) in [5.74, 6) is 0.231. The van der Waals surface area contributed by atoms with E-state index in [1.54, 1.807) is 25.1 Å². The molecule has 2 aromatic heterocycles. The number of nitrogen functional groups attached to an aromatic ring is 1. The van der Waals surface area contributed by atoms with Crippen LogP contribution >= 0.6 is 34.5 Å². The Morgan fingerprint density at radius 2 is 1.91 bits per heavy atom. The van der Waals surface area contributed by atoms with Crippen LogP contribution in [0.25, 0.3) is 27.6 Å². The molecule has 0 radical (unpaired) electrons. The van der Waals surface area contributed by atoms with E-state index >= 15 is 0 Å². The van der Waals surface area contributed by atoms with Crippen LogP contribution in [-0.4, -0.2) is 53.7 Å². The Bertz CT molecular complexity index is 1160. The van der Waals surface area contributed by atoms with Gasteiger partial charge < -0.3 is 20.1 Å². The van der Waals surface area contributed by atoms with Crippen LogP contribution in [0.1, 0.15) is 25.6 Å². The molecular formula is C23H26Cl2N4O3S. The number of ether oxygens (including phenoxy) is 2. The summed E-state index contributed by atoms with van der Waals surface area (Å²) < 4.78 is 10.9. The second-order valence-electron chi connectivity index (χ2n) is 7.02. The van der Waals surface area contributed by atoms with Gasteiger partial charge in [-0.25, -0.2) is 14.8 Å². The van der Waals surface area contributed by atoms with E-state index in [0.29, 0.717) is 45.1 Å². The number of nitrogens with two attached hydrogens (primary N) is 1. The van der Waals surface area contributed by atoms with Crippen LogP contribution < -0.4 is 10.5 Å². The molecule has 0 aliphatic rings. The SMILES string of the molecule is CCOC(=O)C=Cc1cc2c(-c3cc(OCCN(CC)CC)c(Cl)cc3Cl)nc(N)nc2s1. The first-order valence-corrected chi connectivity index (χ1v) is 12.2. The summed E-state index contributed by atoms with van der Waals surface area (Å²) in [5.41, 5.74) is 7.19. The van der Waals surface area contributed by atoms with Gasteiger partial charge in [-0.2, -0.15) is 0 Å². The normalized spacial score (nSPS) is 11.6. The van der Waals surface area contributed by atoms with Crippen LogP contribution in [0.15, 0.2) is 24.3 Å². The van der Waals surface area contributed by atoms with Gasteiger partial charge in [-0.1, -0.05) is 37.0 Å². The topological polar surface area (TPSA) is 90.6 Å². The highest BCUT2D eigenvalue weighted by molar-refractivity contribution is 7.19. The predicted molar refractivity (Wildman–Crippen MR) is 136 cm³/mol. The lowest BCUT2D eigenvalue weighted by atomic mass is 10.1. The van der Waals surface area contributed by atoms with Crippen molar-refractivity contribution in [1.82, 2.24) is 14.9 Å². The molecule has 1 aromatic carbocycles. The van der Waals surface area contributed by atoms with Crippen LogP contribution in [-0.2, 0) is 9.53 Å². The molecule has 0 atom stereocenters. The fraction of sp³-hybridized carbons (Fsp3) is 0.348. The molecule has 0 aliphatic heterocycles. The fourth-order valence-corrected chi connectivity index (χ4v) is 4.70. The number of esters is 1.